The van der Waals surface area contributed by atoms with Gasteiger partial charge in [-0.2, -0.15) is 0 Å². The number of carbonyl (C=O) groups excluding carboxylic acids is 3. The molecule has 1 aliphatic carbocycles. The molecule has 1 aromatic carbocycles. The lowest BCUT2D eigenvalue weighted by molar-refractivity contribution is -0.114. The summed E-state index contributed by atoms with van der Waals surface area (Å²) in [5, 5.41) is 11.8. The summed E-state index contributed by atoms with van der Waals surface area (Å²) in [5.41, 5.74) is 0.960. The number of anilines is 1. The number of nitrogens with zero attached hydrogens (tertiary/aromatic N) is 4. The zero-order chi connectivity index (χ0) is 24.5. The molecule has 1 saturated heterocycles. The van der Waals surface area contributed by atoms with Crippen molar-refractivity contribution in [3.63, 3.8) is 0 Å². The van der Waals surface area contributed by atoms with E-state index in [4.69, 9.17) is 4.74 Å². The van der Waals surface area contributed by atoms with Gasteiger partial charge in [-0.05, 0) is 58.6 Å². The van der Waals surface area contributed by atoms with Gasteiger partial charge in [0.1, 0.15) is 10.6 Å². The van der Waals surface area contributed by atoms with E-state index in [1.807, 2.05) is 49.9 Å². The summed E-state index contributed by atoms with van der Waals surface area (Å²) in [5.74, 6) is -0.165. The average molecular weight is 486 g/mol. The fraction of sp³-hybridized carbons (Fsp3) is 0.542. The lowest BCUT2D eigenvalue weighted by Gasteiger charge is -2.39. The third-order valence-corrected chi connectivity index (χ3v) is 6.66. The highest BCUT2D eigenvalue weighted by Gasteiger charge is 2.39. The molecule has 3 amide bonds. The molecule has 0 unspecified atom stereocenters. The summed E-state index contributed by atoms with van der Waals surface area (Å²) < 4.78 is 5.49. The Morgan fingerprint density at radius 3 is 2.21 bits per heavy atom. The summed E-state index contributed by atoms with van der Waals surface area (Å²) in [6.07, 6.45) is 3.25. The van der Waals surface area contributed by atoms with Gasteiger partial charge in [0.25, 0.3) is 5.91 Å². The summed E-state index contributed by atoms with van der Waals surface area (Å²) in [6, 6.07) is 7.75. The standard InChI is InChI=1S/C24H31N5O4S/c1-15(30)25-22-27-26-20(34-22)16-5-7-17(8-6-16)21(31)29(18-9-10-18)19-11-13-28(14-12-19)23(32)33-24(2,3)4/h5-8,18-19H,9-14H2,1-4H3,(H,25,27,30). The molecular weight excluding hydrogens is 454 g/mol. The number of ether oxygens (including phenoxy) is 1. The molecule has 1 saturated carbocycles. The second-order valence-corrected chi connectivity index (χ2v) is 10.8. The number of benzene rings is 1. The number of nitrogens with one attached hydrogen (secondary N) is 1. The van der Waals surface area contributed by atoms with Gasteiger partial charge in [-0.25, -0.2) is 4.79 Å². The van der Waals surface area contributed by atoms with Crippen LogP contribution in [0.1, 0.15) is 63.7 Å². The van der Waals surface area contributed by atoms with Crippen molar-refractivity contribution in [1.82, 2.24) is 20.0 Å². The van der Waals surface area contributed by atoms with Crippen LogP contribution in [-0.4, -0.2) is 68.7 Å². The molecule has 10 heteroatoms. The number of carbonyl (C=O) groups is 3. The van der Waals surface area contributed by atoms with Crippen LogP contribution in [0, 0.1) is 0 Å². The van der Waals surface area contributed by atoms with E-state index in [1.165, 1.54) is 18.3 Å². The van der Waals surface area contributed by atoms with Crippen molar-refractivity contribution in [3.05, 3.63) is 29.8 Å². The van der Waals surface area contributed by atoms with E-state index < -0.39 is 5.60 Å². The Morgan fingerprint density at radius 2 is 1.65 bits per heavy atom. The maximum Gasteiger partial charge on any atom is 0.410 e. The molecule has 2 aromatic rings. The smallest absolute Gasteiger partial charge is 0.410 e. The molecule has 1 aliphatic heterocycles. The van der Waals surface area contributed by atoms with Gasteiger partial charge in [0.05, 0.1) is 0 Å². The van der Waals surface area contributed by atoms with Gasteiger partial charge in [-0.15, -0.1) is 10.2 Å². The van der Waals surface area contributed by atoms with E-state index >= 15 is 0 Å². The van der Waals surface area contributed by atoms with Crippen LogP contribution >= 0.6 is 11.3 Å². The van der Waals surface area contributed by atoms with Crippen molar-refractivity contribution in [2.24, 2.45) is 0 Å². The maximum atomic E-state index is 13.4. The molecule has 0 spiro atoms. The Kier molecular flexibility index (Phi) is 6.88. The largest absolute Gasteiger partial charge is 0.444 e. The molecule has 2 fully saturated rings. The van der Waals surface area contributed by atoms with Gasteiger partial charge < -0.3 is 19.9 Å². The second-order valence-electron chi connectivity index (χ2n) is 9.81. The Labute approximate surface area is 203 Å². The maximum absolute atomic E-state index is 13.4. The topological polar surface area (TPSA) is 105 Å². The molecular formula is C24H31N5O4S. The first-order chi connectivity index (χ1) is 16.1. The molecule has 34 heavy (non-hydrogen) atoms. The van der Waals surface area contributed by atoms with Crippen molar-refractivity contribution in [1.29, 1.82) is 0 Å². The van der Waals surface area contributed by atoms with Crippen LogP contribution in [0.5, 0.6) is 0 Å². The predicted octanol–water partition coefficient (Wildman–Crippen LogP) is 4.17. The second kappa shape index (κ2) is 9.69. The van der Waals surface area contributed by atoms with E-state index in [-0.39, 0.29) is 30.0 Å². The highest BCUT2D eigenvalue weighted by Crippen LogP contribution is 2.34. The van der Waals surface area contributed by atoms with Gasteiger partial charge in [0.2, 0.25) is 11.0 Å². The normalized spacial score (nSPS) is 16.8. The van der Waals surface area contributed by atoms with Crippen molar-refractivity contribution >= 4 is 34.4 Å². The van der Waals surface area contributed by atoms with Crippen LogP contribution < -0.4 is 5.32 Å². The third-order valence-electron chi connectivity index (χ3n) is 5.77. The first-order valence-corrected chi connectivity index (χ1v) is 12.4. The van der Waals surface area contributed by atoms with E-state index in [0.717, 1.165) is 31.2 Å². The fourth-order valence-electron chi connectivity index (χ4n) is 4.08. The number of aromatic nitrogens is 2. The zero-order valence-corrected chi connectivity index (χ0v) is 20.9. The average Bonchev–Trinajstić information content (AvgIpc) is 3.50. The summed E-state index contributed by atoms with van der Waals surface area (Å²) in [7, 11) is 0. The zero-order valence-electron chi connectivity index (χ0n) is 20.0. The Morgan fingerprint density at radius 1 is 1.03 bits per heavy atom. The Balaban J connectivity index is 1.40. The predicted molar refractivity (Wildman–Crippen MR) is 130 cm³/mol. The van der Waals surface area contributed by atoms with Crippen molar-refractivity contribution in [2.75, 3.05) is 18.4 Å². The Bertz CT molecular complexity index is 1050. The number of likely N-dealkylation sites (tertiary alicyclic amines) is 1. The molecule has 4 rings (SSSR count). The minimum absolute atomic E-state index is 0.0287. The highest BCUT2D eigenvalue weighted by molar-refractivity contribution is 7.18. The van der Waals surface area contributed by atoms with Crippen molar-refractivity contribution in [2.45, 2.75) is 71.1 Å². The molecule has 0 atom stereocenters. The first-order valence-electron chi connectivity index (χ1n) is 11.6. The molecule has 0 radical (unpaired) electrons. The highest BCUT2D eigenvalue weighted by atomic mass is 32.1. The van der Waals surface area contributed by atoms with Crippen LogP contribution in [0.15, 0.2) is 24.3 Å². The Hall–Kier alpha value is -3.01. The van der Waals surface area contributed by atoms with E-state index in [1.54, 1.807) is 4.90 Å². The van der Waals surface area contributed by atoms with Crippen LogP contribution in [-0.2, 0) is 9.53 Å². The van der Waals surface area contributed by atoms with Crippen LogP contribution in [0.3, 0.4) is 0 Å². The van der Waals surface area contributed by atoms with Gasteiger partial charge in [-0.1, -0.05) is 23.5 Å². The summed E-state index contributed by atoms with van der Waals surface area (Å²) >= 11 is 1.29. The molecule has 1 aromatic heterocycles. The quantitative estimate of drug-likeness (QED) is 0.682. The van der Waals surface area contributed by atoms with E-state index in [2.05, 4.69) is 15.5 Å². The first kappa shape index (κ1) is 24.1. The van der Waals surface area contributed by atoms with Crippen molar-refractivity contribution < 1.29 is 19.1 Å². The van der Waals surface area contributed by atoms with E-state index in [0.29, 0.717) is 28.8 Å². The minimum atomic E-state index is -0.518. The number of piperidine rings is 1. The fourth-order valence-corrected chi connectivity index (χ4v) is 4.88. The number of amides is 3. The minimum Gasteiger partial charge on any atom is -0.444 e. The third kappa shape index (κ3) is 5.91. The number of hydrogen-bond acceptors (Lipinski definition) is 7. The molecule has 2 heterocycles. The lowest BCUT2D eigenvalue weighted by atomic mass is 10.0. The van der Waals surface area contributed by atoms with Gasteiger partial charge in [0, 0.05) is 43.2 Å². The summed E-state index contributed by atoms with van der Waals surface area (Å²) in [6.45, 7) is 8.19. The summed E-state index contributed by atoms with van der Waals surface area (Å²) in [4.78, 5) is 40.8. The monoisotopic (exact) mass is 485 g/mol. The molecule has 182 valence electrons. The molecule has 0 bridgehead atoms. The SMILES string of the molecule is CC(=O)Nc1nnc(-c2ccc(C(=O)N(C3CC3)C3CCN(C(=O)OC(C)(C)C)CC3)cc2)s1. The molecule has 2 aliphatic rings. The molecule has 9 nitrogen and oxygen atoms in total. The number of rotatable bonds is 5. The van der Waals surface area contributed by atoms with E-state index in [9.17, 15) is 14.4 Å². The van der Waals surface area contributed by atoms with Gasteiger partial charge in [-0.3, -0.25) is 9.59 Å². The van der Waals surface area contributed by atoms with Crippen LogP contribution in [0.2, 0.25) is 0 Å². The van der Waals surface area contributed by atoms with Crippen molar-refractivity contribution in [3.8, 4) is 10.6 Å². The van der Waals surface area contributed by atoms with Gasteiger partial charge >= 0.3 is 6.09 Å². The number of hydrogen-bond donors (Lipinski definition) is 1. The van der Waals surface area contributed by atoms with Gasteiger partial charge in [0.15, 0.2) is 0 Å². The van der Waals surface area contributed by atoms with Crippen LogP contribution in [0.25, 0.3) is 10.6 Å². The molecule has 1 N–H and O–H groups in total. The van der Waals surface area contributed by atoms with Crippen LogP contribution in [0.4, 0.5) is 9.93 Å². The lowest BCUT2D eigenvalue weighted by Crippen LogP contribution is -2.50.